The maximum atomic E-state index is 11.1. The lowest BCUT2D eigenvalue weighted by Gasteiger charge is -2.34. The number of ether oxygens (including phenoxy) is 2. The molecule has 0 aliphatic heterocycles. The minimum atomic E-state index is -0.170. The van der Waals surface area contributed by atoms with Crippen LogP contribution in [0, 0.1) is 5.92 Å². The molecule has 6 heteroatoms. The molecule has 144 valence electrons. The Kier molecular flexibility index (Phi) is 5.05. The van der Waals surface area contributed by atoms with Crippen LogP contribution in [-0.4, -0.2) is 23.8 Å². The van der Waals surface area contributed by atoms with Crippen LogP contribution in [-0.2, 0) is 4.79 Å². The zero-order valence-corrected chi connectivity index (χ0v) is 15.8. The van der Waals surface area contributed by atoms with E-state index >= 15 is 0 Å². The van der Waals surface area contributed by atoms with Crippen LogP contribution in [0.15, 0.2) is 34.9 Å². The number of hydrogen-bond donors (Lipinski definition) is 1. The normalized spacial score (nSPS) is 22.6. The third-order valence-corrected chi connectivity index (χ3v) is 5.22. The Morgan fingerprint density at radius 1 is 1.26 bits per heavy atom. The highest BCUT2D eigenvalue weighted by Gasteiger charge is 2.34. The van der Waals surface area contributed by atoms with Gasteiger partial charge in [0.2, 0.25) is 5.91 Å². The van der Waals surface area contributed by atoms with Crippen molar-refractivity contribution < 1.29 is 18.8 Å². The standard InChI is InChI=1S/C21H26N2O4/c1-13(22-14(2)24)21-11-20(23-27-21)16-9-19(10-16)26-18-7-5-17(6-8-18)25-12-15-3-4-15/h5-8,11,13,15-16,19H,3-4,9-10,12H2,1-2H3,(H,22,24)/t13-,16?,19?/m0/s1. The van der Waals surface area contributed by atoms with Gasteiger partial charge >= 0.3 is 0 Å². The van der Waals surface area contributed by atoms with Gasteiger partial charge in [-0.15, -0.1) is 0 Å². The molecule has 2 aliphatic carbocycles. The number of benzene rings is 1. The van der Waals surface area contributed by atoms with Crippen LogP contribution >= 0.6 is 0 Å². The zero-order chi connectivity index (χ0) is 18.8. The van der Waals surface area contributed by atoms with Crippen molar-refractivity contribution in [2.24, 2.45) is 5.92 Å². The summed E-state index contributed by atoms with van der Waals surface area (Å²) in [6.07, 6.45) is 4.62. The van der Waals surface area contributed by atoms with E-state index in [-0.39, 0.29) is 18.1 Å². The van der Waals surface area contributed by atoms with Crippen molar-refractivity contribution in [2.45, 2.75) is 57.6 Å². The van der Waals surface area contributed by atoms with Crippen molar-refractivity contribution >= 4 is 5.91 Å². The van der Waals surface area contributed by atoms with Crippen molar-refractivity contribution in [3.05, 3.63) is 41.8 Å². The first-order chi connectivity index (χ1) is 13.1. The fourth-order valence-corrected chi connectivity index (χ4v) is 3.29. The number of carbonyl (C=O) groups is 1. The van der Waals surface area contributed by atoms with E-state index in [1.165, 1.54) is 19.8 Å². The van der Waals surface area contributed by atoms with Gasteiger partial charge in [0, 0.05) is 18.9 Å². The van der Waals surface area contributed by atoms with Gasteiger partial charge in [-0.2, -0.15) is 0 Å². The van der Waals surface area contributed by atoms with Gasteiger partial charge in [-0.25, -0.2) is 0 Å². The molecule has 1 aromatic carbocycles. The molecule has 4 rings (SSSR count). The Balaban J connectivity index is 1.23. The van der Waals surface area contributed by atoms with E-state index < -0.39 is 0 Å². The molecule has 0 unspecified atom stereocenters. The Labute approximate surface area is 159 Å². The van der Waals surface area contributed by atoms with E-state index in [1.54, 1.807) is 0 Å². The number of amides is 1. The van der Waals surface area contributed by atoms with E-state index in [1.807, 2.05) is 37.3 Å². The van der Waals surface area contributed by atoms with E-state index in [9.17, 15) is 4.79 Å². The Bertz CT molecular complexity index is 776. The molecular weight excluding hydrogens is 344 g/mol. The van der Waals surface area contributed by atoms with Gasteiger partial charge in [-0.3, -0.25) is 4.79 Å². The molecule has 1 aromatic heterocycles. The first-order valence-electron chi connectivity index (χ1n) is 9.70. The van der Waals surface area contributed by atoms with Crippen molar-refractivity contribution in [1.29, 1.82) is 0 Å². The second-order valence-electron chi connectivity index (χ2n) is 7.71. The van der Waals surface area contributed by atoms with E-state index in [0.29, 0.717) is 11.7 Å². The number of nitrogens with zero attached hydrogens (tertiary/aromatic N) is 1. The summed E-state index contributed by atoms with van der Waals surface area (Å²) in [6.45, 7) is 4.20. The van der Waals surface area contributed by atoms with E-state index in [0.717, 1.165) is 42.6 Å². The van der Waals surface area contributed by atoms with Crippen molar-refractivity contribution in [2.75, 3.05) is 6.61 Å². The summed E-state index contributed by atoms with van der Waals surface area (Å²) in [5.41, 5.74) is 0.936. The Hall–Kier alpha value is -2.50. The third kappa shape index (κ3) is 4.62. The van der Waals surface area contributed by atoms with Crippen molar-refractivity contribution in [1.82, 2.24) is 10.5 Å². The molecule has 0 bridgehead atoms. The molecule has 6 nitrogen and oxygen atoms in total. The SMILES string of the molecule is CC(=O)N[C@@H](C)c1cc(C2CC(Oc3ccc(OCC4CC4)cc3)C2)no1. The largest absolute Gasteiger partial charge is 0.493 e. The quantitative estimate of drug-likeness (QED) is 0.761. The molecule has 0 spiro atoms. The van der Waals surface area contributed by atoms with E-state index in [2.05, 4.69) is 10.5 Å². The van der Waals surface area contributed by atoms with Crippen molar-refractivity contribution in [3.63, 3.8) is 0 Å². The molecule has 2 fully saturated rings. The molecule has 0 saturated heterocycles. The average molecular weight is 370 g/mol. The molecule has 1 heterocycles. The summed E-state index contributed by atoms with van der Waals surface area (Å²) in [5, 5.41) is 6.97. The summed E-state index contributed by atoms with van der Waals surface area (Å²) in [5.74, 6) is 3.48. The topological polar surface area (TPSA) is 73.6 Å². The smallest absolute Gasteiger partial charge is 0.217 e. The molecule has 0 radical (unpaired) electrons. The predicted molar refractivity (Wildman–Crippen MR) is 99.8 cm³/mol. The molecule has 1 N–H and O–H groups in total. The lowest BCUT2D eigenvalue weighted by molar-refractivity contribution is -0.119. The van der Waals surface area contributed by atoms with Gasteiger partial charge in [-0.05, 0) is 62.8 Å². The summed E-state index contributed by atoms with van der Waals surface area (Å²) >= 11 is 0. The molecule has 2 aromatic rings. The number of nitrogens with one attached hydrogen (secondary N) is 1. The fraction of sp³-hybridized carbons (Fsp3) is 0.524. The van der Waals surface area contributed by atoms with Gasteiger partial charge in [0.05, 0.1) is 24.4 Å². The van der Waals surface area contributed by atoms with Gasteiger partial charge in [0.1, 0.15) is 11.5 Å². The highest BCUT2D eigenvalue weighted by Crippen LogP contribution is 2.39. The maximum Gasteiger partial charge on any atom is 0.217 e. The van der Waals surface area contributed by atoms with E-state index in [4.69, 9.17) is 14.0 Å². The molecule has 2 aliphatic rings. The Morgan fingerprint density at radius 2 is 1.96 bits per heavy atom. The van der Waals surface area contributed by atoms with Crippen LogP contribution in [0.1, 0.15) is 62.9 Å². The third-order valence-electron chi connectivity index (χ3n) is 5.22. The number of hydrogen-bond acceptors (Lipinski definition) is 5. The first-order valence-corrected chi connectivity index (χ1v) is 9.70. The lowest BCUT2D eigenvalue weighted by atomic mass is 9.80. The Morgan fingerprint density at radius 3 is 2.63 bits per heavy atom. The molecule has 2 saturated carbocycles. The van der Waals surface area contributed by atoms with Gasteiger partial charge in [-0.1, -0.05) is 5.16 Å². The van der Waals surface area contributed by atoms with Gasteiger partial charge < -0.3 is 19.3 Å². The van der Waals surface area contributed by atoms with Crippen LogP contribution in [0.3, 0.4) is 0 Å². The molecular formula is C21H26N2O4. The number of aromatic nitrogens is 1. The minimum Gasteiger partial charge on any atom is -0.493 e. The van der Waals surface area contributed by atoms with Crippen LogP contribution < -0.4 is 14.8 Å². The lowest BCUT2D eigenvalue weighted by Crippen LogP contribution is -2.32. The zero-order valence-electron chi connectivity index (χ0n) is 15.8. The minimum absolute atomic E-state index is 0.0819. The highest BCUT2D eigenvalue weighted by atomic mass is 16.5. The highest BCUT2D eigenvalue weighted by molar-refractivity contribution is 5.73. The molecule has 1 amide bonds. The summed E-state index contributed by atoms with van der Waals surface area (Å²) in [7, 11) is 0. The second-order valence-corrected chi connectivity index (χ2v) is 7.71. The summed E-state index contributed by atoms with van der Waals surface area (Å²) in [4.78, 5) is 11.1. The fourth-order valence-electron chi connectivity index (χ4n) is 3.29. The number of rotatable bonds is 8. The maximum absolute atomic E-state index is 11.1. The van der Waals surface area contributed by atoms with Crippen LogP contribution in [0.25, 0.3) is 0 Å². The van der Waals surface area contributed by atoms with Crippen LogP contribution in [0.4, 0.5) is 0 Å². The molecule has 1 atom stereocenters. The summed E-state index contributed by atoms with van der Waals surface area (Å²) in [6, 6.07) is 9.66. The summed E-state index contributed by atoms with van der Waals surface area (Å²) < 4.78 is 17.2. The van der Waals surface area contributed by atoms with Crippen molar-refractivity contribution in [3.8, 4) is 11.5 Å². The van der Waals surface area contributed by atoms with Crippen LogP contribution in [0.2, 0.25) is 0 Å². The predicted octanol–water partition coefficient (Wildman–Crippen LogP) is 3.99. The monoisotopic (exact) mass is 370 g/mol. The molecule has 27 heavy (non-hydrogen) atoms. The first kappa shape index (κ1) is 17.9. The van der Waals surface area contributed by atoms with Crippen LogP contribution in [0.5, 0.6) is 11.5 Å². The number of carbonyl (C=O) groups excluding carboxylic acids is 1. The average Bonchev–Trinajstić information content (AvgIpc) is 3.31. The van der Waals surface area contributed by atoms with Gasteiger partial charge in [0.15, 0.2) is 5.76 Å². The second kappa shape index (κ2) is 7.62. The van der Waals surface area contributed by atoms with Gasteiger partial charge in [0.25, 0.3) is 0 Å².